The molecule has 1 N–H and O–H groups in total. The molecule has 1 aliphatic heterocycles. The van der Waals surface area contributed by atoms with Crippen molar-refractivity contribution >= 4 is 11.8 Å². The van der Waals surface area contributed by atoms with E-state index in [-0.39, 0.29) is 25.0 Å². The fraction of sp³-hybridized carbons (Fsp3) is 0.278. The zero-order valence-corrected chi connectivity index (χ0v) is 13.7. The number of aromatic nitrogens is 1. The lowest BCUT2D eigenvalue weighted by molar-refractivity contribution is 0.0692. The third-order valence-corrected chi connectivity index (χ3v) is 4.28. The Bertz CT molecular complexity index is 822. The predicted molar refractivity (Wildman–Crippen MR) is 86.9 cm³/mol. The van der Waals surface area contributed by atoms with Crippen molar-refractivity contribution in [3.8, 4) is 0 Å². The van der Waals surface area contributed by atoms with Gasteiger partial charge in [0.05, 0.1) is 5.56 Å². The van der Waals surface area contributed by atoms with Gasteiger partial charge in [-0.3, -0.25) is 14.6 Å². The molecule has 0 bridgehead atoms. The molecule has 2 heterocycles. The van der Waals surface area contributed by atoms with Crippen LogP contribution in [0.25, 0.3) is 0 Å². The number of piperidine rings is 1. The van der Waals surface area contributed by atoms with Crippen LogP contribution in [0.15, 0.2) is 36.5 Å². The van der Waals surface area contributed by atoms with Crippen LogP contribution < -0.4 is 5.32 Å². The summed E-state index contributed by atoms with van der Waals surface area (Å²) in [6.45, 7) is 0.537. The van der Waals surface area contributed by atoms with Crippen LogP contribution in [0, 0.1) is 17.5 Å². The van der Waals surface area contributed by atoms with Gasteiger partial charge in [0.1, 0.15) is 5.69 Å². The Morgan fingerprint density at radius 1 is 1.04 bits per heavy atom. The number of hydrogen-bond donors (Lipinski definition) is 1. The highest BCUT2D eigenvalue weighted by atomic mass is 19.2. The Kier molecular flexibility index (Phi) is 5.20. The van der Waals surface area contributed by atoms with Gasteiger partial charge in [-0.15, -0.1) is 0 Å². The van der Waals surface area contributed by atoms with Crippen LogP contribution in [0.3, 0.4) is 0 Å². The number of nitrogens with zero attached hydrogens (tertiary/aromatic N) is 2. The Hall–Kier alpha value is -2.90. The lowest BCUT2D eigenvalue weighted by Gasteiger charge is -2.32. The van der Waals surface area contributed by atoms with Crippen molar-refractivity contribution in [2.24, 2.45) is 0 Å². The van der Waals surface area contributed by atoms with Crippen LogP contribution in [0.1, 0.15) is 33.7 Å². The summed E-state index contributed by atoms with van der Waals surface area (Å²) in [5.74, 6) is -5.48. The topological polar surface area (TPSA) is 62.3 Å². The number of pyridine rings is 1. The average molecular weight is 363 g/mol. The van der Waals surface area contributed by atoms with Crippen LogP contribution >= 0.6 is 0 Å². The number of carbonyl (C=O) groups is 2. The minimum absolute atomic E-state index is 0.150. The maximum Gasteiger partial charge on any atom is 0.270 e. The summed E-state index contributed by atoms with van der Waals surface area (Å²) in [7, 11) is 0. The van der Waals surface area contributed by atoms with E-state index in [1.165, 1.54) is 11.1 Å². The van der Waals surface area contributed by atoms with E-state index < -0.39 is 28.9 Å². The van der Waals surface area contributed by atoms with E-state index in [9.17, 15) is 22.8 Å². The quantitative estimate of drug-likeness (QED) is 0.853. The molecule has 3 rings (SSSR count). The minimum Gasteiger partial charge on any atom is -0.348 e. The van der Waals surface area contributed by atoms with Crippen molar-refractivity contribution in [3.63, 3.8) is 0 Å². The Labute approximate surface area is 147 Å². The van der Waals surface area contributed by atoms with Crippen molar-refractivity contribution in [1.82, 2.24) is 15.2 Å². The summed E-state index contributed by atoms with van der Waals surface area (Å²) in [5, 5.41) is 2.84. The minimum atomic E-state index is -1.66. The van der Waals surface area contributed by atoms with Gasteiger partial charge in [-0.05, 0) is 37.1 Å². The molecule has 0 radical (unpaired) electrons. The molecule has 0 aliphatic carbocycles. The molecular formula is C18H16F3N3O2. The van der Waals surface area contributed by atoms with Crippen LogP contribution in [-0.4, -0.2) is 40.8 Å². The van der Waals surface area contributed by atoms with Gasteiger partial charge < -0.3 is 10.2 Å². The van der Waals surface area contributed by atoms with E-state index in [1.54, 1.807) is 18.2 Å². The summed E-state index contributed by atoms with van der Waals surface area (Å²) in [5.41, 5.74) is -0.199. The molecule has 136 valence electrons. The van der Waals surface area contributed by atoms with Crippen molar-refractivity contribution in [2.75, 3.05) is 13.1 Å². The van der Waals surface area contributed by atoms with Crippen molar-refractivity contribution < 1.29 is 22.8 Å². The highest BCUT2D eigenvalue weighted by Gasteiger charge is 2.28. The van der Waals surface area contributed by atoms with Gasteiger partial charge in [0.25, 0.3) is 11.8 Å². The summed E-state index contributed by atoms with van der Waals surface area (Å²) in [6, 6.07) is 6.53. The van der Waals surface area contributed by atoms with Gasteiger partial charge in [-0.2, -0.15) is 0 Å². The van der Waals surface area contributed by atoms with Crippen molar-refractivity contribution in [3.05, 3.63) is 65.2 Å². The molecule has 5 nitrogen and oxygen atoms in total. The van der Waals surface area contributed by atoms with Crippen LogP contribution in [-0.2, 0) is 0 Å². The van der Waals surface area contributed by atoms with Gasteiger partial charge in [0.15, 0.2) is 17.5 Å². The zero-order valence-electron chi connectivity index (χ0n) is 13.7. The molecule has 2 aromatic rings. The molecule has 0 spiro atoms. The average Bonchev–Trinajstić information content (AvgIpc) is 2.67. The SMILES string of the molecule is O=C(NC1CCN(C(=O)c2ccc(F)c(F)c2F)CC1)c1ccccn1. The fourth-order valence-electron chi connectivity index (χ4n) is 2.84. The molecule has 0 atom stereocenters. The first-order chi connectivity index (χ1) is 12.5. The third-order valence-electron chi connectivity index (χ3n) is 4.28. The van der Waals surface area contributed by atoms with E-state index in [2.05, 4.69) is 10.3 Å². The second kappa shape index (κ2) is 7.55. The molecule has 0 unspecified atom stereocenters. The molecule has 26 heavy (non-hydrogen) atoms. The standard InChI is InChI=1S/C18H16F3N3O2/c19-13-5-4-12(15(20)16(13)21)18(26)24-9-6-11(7-10-24)23-17(25)14-3-1-2-8-22-14/h1-5,8,11H,6-7,9-10H2,(H,23,25). The highest BCUT2D eigenvalue weighted by Crippen LogP contribution is 2.19. The predicted octanol–water partition coefficient (Wildman–Crippen LogP) is 2.53. The first kappa shape index (κ1) is 17.9. The maximum absolute atomic E-state index is 13.8. The number of amides is 2. The molecule has 1 saturated heterocycles. The van der Waals surface area contributed by atoms with Crippen LogP contribution in [0.2, 0.25) is 0 Å². The van der Waals surface area contributed by atoms with Crippen molar-refractivity contribution in [1.29, 1.82) is 0 Å². The van der Waals surface area contributed by atoms with Gasteiger partial charge >= 0.3 is 0 Å². The molecule has 0 saturated carbocycles. The lowest BCUT2D eigenvalue weighted by Crippen LogP contribution is -2.46. The van der Waals surface area contributed by atoms with E-state index in [1.807, 2.05) is 0 Å². The van der Waals surface area contributed by atoms with E-state index >= 15 is 0 Å². The Balaban J connectivity index is 1.59. The molecule has 1 aromatic carbocycles. The zero-order chi connectivity index (χ0) is 18.7. The molecular weight excluding hydrogens is 347 g/mol. The number of benzene rings is 1. The first-order valence-electron chi connectivity index (χ1n) is 8.12. The Morgan fingerprint density at radius 3 is 2.42 bits per heavy atom. The van der Waals surface area contributed by atoms with Crippen molar-refractivity contribution in [2.45, 2.75) is 18.9 Å². The monoisotopic (exact) mass is 363 g/mol. The van der Waals surface area contributed by atoms with E-state index in [4.69, 9.17) is 0 Å². The number of likely N-dealkylation sites (tertiary alicyclic amines) is 1. The summed E-state index contributed by atoms with van der Waals surface area (Å²) < 4.78 is 40.1. The van der Waals surface area contributed by atoms with Crippen LogP contribution in [0.5, 0.6) is 0 Å². The second-order valence-electron chi connectivity index (χ2n) is 5.98. The second-order valence-corrected chi connectivity index (χ2v) is 5.98. The number of carbonyl (C=O) groups excluding carboxylic acids is 2. The molecule has 2 amide bonds. The molecule has 1 aliphatic rings. The first-order valence-corrected chi connectivity index (χ1v) is 8.12. The summed E-state index contributed by atoms with van der Waals surface area (Å²) in [4.78, 5) is 29.7. The molecule has 1 fully saturated rings. The van der Waals surface area contributed by atoms with E-state index in [0.717, 1.165) is 12.1 Å². The molecule has 8 heteroatoms. The smallest absolute Gasteiger partial charge is 0.270 e. The largest absolute Gasteiger partial charge is 0.348 e. The fourth-order valence-corrected chi connectivity index (χ4v) is 2.84. The van der Waals surface area contributed by atoms with Gasteiger partial charge in [-0.1, -0.05) is 6.07 Å². The third kappa shape index (κ3) is 3.68. The van der Waals surface area contributed by atoms with E-state index in [0.29, 0.717) is 18.5 Å². The Morgan fingerprint density at radius 2 is 1.77 bits per heavy atom. The molecule has 1 aromatic heterocycles. The summed E-state index contributed by atoms with van der Waals surface area (Å²) in [6.07, 6.45) is 2.46. The number of rotatable bonds is 3. The number of nitrogens with one attached hydrogen (secondary N) is 1. The summed E-state index contributed by atoms with van der Waals surface area (Å²) >= 11 is 0. The highest BCUT2D eigenvalue weighted by molar-refractivity contribution is 5.95. The van der Waals surface area contributed by atoms with Gasteiger partial charge in [0.2, 0.25) is 0 Å². The number of halogens is 3. The lowest BCUT2D eigenvalue weighted by atomic mass is 10.0. The normalized spacial score (nSPS) is 15.0. The van der Waals surface area contributed by atoms with Crippen LogP contribution in [0.4, 0.5) is 13.2 Å². The van der Waals surface area contributed by atoms with Gasteiger partial charge in [0, 0.05) is 25.3 Å². The maximum atomic E-state index is 13.8. The number of hydrogen-bond acceptors (Lipinski definition) is 3. The van der Waals surface area contributed by atoms with Gasteiger partial charge in [-0.25, -0.2) is 13.2 Å².